The standard InChI is InChI=1S/C22H16O2/c1-14-9-10-19(22(23)24)21(11-14)18-8-4-7-17-12-15-5-2-3-6-16(15)13-20(17)18/h2-13H,1H3,(H,23,24). The van der Waals surface area contributed by atoms with Crippen molar-refractivity contribution in [1.82, 2.24) is 0 Å². The molecule has 0 aliphatic rings. The van der Waals surface area contributed by atoms with Crippen LogP contribution in [0.4, 0.5) is 0 Å². The van der Waals surface area contributed by atoms with E-state index in [1.54, 1.807) is 6.07 Å². The van der Waals surface area contributed by atoms with E-state index < -0.39 is 5.97 Å². The number of carbonyl (C=O) groups is 1. The van der Waals surface area contributed by atoms with E-state index >= 15 is 0 Å². The molecule has 0 saturated heterocycles. The van der Waals surface area contributed by atoms with Crippen molar-refractivity contribution in [3.63, 3.8) is 0 Å². The van der Waals surface area contributed by atoms with Crippen molar-refractivity contribution in [2.24, 2.45) is 0 Å². The summed E-state index contributed by atoms with van der Waals surface area (Å²) >= 11 is 0. The Bertz CT molecular complexity index is 1090. The van der Waals surface area contributed by atoms with Crippen LogP contribution in [0.5, 0.6) is 0 Å². The Hall–Kier alpha value is -3.13. The van der Waals surface area contributed by atoms with E-state index in [1.807, 2.05) is 43.3 Å². The lowest BCUT2D eigenvalue weighted by atomic mass is 9.92. The van der Waals surface area contributed by atoms with Gasteiger partial charge in [-0.2, -0.15) is 0 Å². The third-order valence-corrected chi connectivity index (χ3v) is 4.44. The second-order valence-corrected chi connectivity index (χ2v) is 6.08. The van der Waals surface area contributed by atoms with Crippen LogP contribution in [-0.4, -0.2) is 11.1 Å². The zero-order valence-electron chi connectivity index (χ0n) is 13.3. The first-order valence-electron chi connectivity index (χ1n) is 7.89. The summed E-state index contributed by atoms with van der Waals surface area (Å²) in [6.07, 6.45) is 0. The van der Waals surface area contributed by atoms with Crippen molar-refractivity contribution < 1.29 is 9.90 Å². The van der Waals surface area contributed by atoms with Crippen molar-refractivity contribution in [1.29, 1.82) is 0 Å². The zero-order valence-corrected chi connectivity index (χ0v) is 13.3. The maximum absolute atomic E-state index is 11.7. The van der Waals surface area contributed by atoms with Crippen LogP contribution in [0, 0.1) is 6.92 Å². The zero-order chi connectivity index (χ0) is 16.7. The normalized spacial score (nSPS) is 11.0. The minimum absolute atomic E-state index is 0.334. The molecule has 116 valence electrons. The number of aryl methyl sites for hydroxylation is 1. The first-order chi connectivity index (χ1) is 11.6. The molecule has 0 bridgehead atoms. The molecule has 0 heterocycles. The molecule has 0 fully saturated rings. The highest BCUT2D eigenvalue weighted by atomic mass is 16.4. The maximum Gasteiger partial charge on any atom is 0.336 e. The number of rotatable bonds is 2. The van der Waals surface area contributed by atoms with Gasteiger partial charge in [-0.1, -0.05) is 60.2 Å². The Morgan fingerprint density at radius 1 is 0.750 bits per heavy atom. The van der Waals surface area contributed by atoms with Gasteiger partial charge in [-0.25, -0.2) is 4.79 Å². The van der Waals surface area contributed by atoms with E-state index in [-0.39, 0.29) is 0 Å². The minimum Gasteiger partial charge on any atom is -0.478 e. The number of hydrogen-bond donors (Lipinski definition) is 1. The molecule has 0 amide bonds. The highest BCUT2D eigenvalue weighted by Gasteiger charge is 2.14. The molecule has 0 radical (unpaired) electrons. The number of benzene rings is 4. The predicted molar refractivity (Wildman–Crippen MR) is 98.6 cm³/mol. The molecular formula is C22H16O2. The predicted octanol–water partition coefficient (Wildman–Crippen LogP) is 5.67. The van der Waals surface area contributed by atoms with Crippen molar-refractivity contribution in [3.8, 4) is 11.1 Å². The van der Waals surface area contributed by atoms with Gasteiger partial charge in [0.2, 0.25) is 0 Å². The Kier molecular flexibility index (Phi) is 3.31. The van der Waals surface area contributed by atoms with E-state index in [0.717, 1.165) is 32.8 Å². The molecule has 0 aliphatic heterocycles. The van der Waals surface area contributed by atoms with E-state index in [1.165, 1.54) is 5.39 Å². The van der Waals surface area contributed by atoms with Gasteiger partial charge in [0, 0.05) is 0 Å². The largest absolute Gasteiger partial charge is 0.478 e. The SMILES string of the molecule is Cc1ccc(C(=O)O)c(-c2cccc3cc4ccccc4cc23)c1. The van der Waals surface area contributed by atoms with Gasteiger partial charge in [-0.3, -0.25) is 0 Å². The Balaban J connectivity index is 2.09. The van der Waals surface area contributed by atoms with E-state index in [2.05, 4.69) is 30.3 Å². The number of hydrogen-bond acceptors (Lipinski definition) is 1. The lowest BCUT2D eigenvalue weighted by Gasteiger charge is -2.12. The molecule has 0 aromatic heterocycles. The molecule has 4 aromatic carbocycles. The van der Waals surface area contributed by atoms with Crippen LogP contribution in [0.3, 0.4) is 0 Å². The van der Waals surface area contributed by atoms with Gasteiger partial charge in [-0.05, 0) is 57.8 Å². The molecule has 4 rings (SSSR count). The molecule has 4 aromatic rings. The Morgan fingerprint density at radius 3 is 2.21 bits per heavy atom. The average Bonchev–Trinajstić information content (AvgIpc) is 2.59. The van der Waals surface area contributed by atoms with Gasteiger partial charge < -0.3 is 5.11 Å². The molecular weight excluding hydrogens is 296 g/mol. The average molecular weight is 312 g/mol. The quantitative estimate of drug-likeness (QED) is 0.484. The molecule has 0 unspecified atom stereocenters. The topological polar surface area (TPSA) is 37.3 Å². The van der Waals surface area contributed by atoms with E-state index in [4.69, 9.17) is 0 Å². The van der Waals surface area contributed by atoms with Gasteiger partial charge >= 0.3 is 5.97 Å². The summed E-state index contributed by atoms with van der Waals surface area (Å²) in [7, 11) is 0. The van der Waals surface area contributed by atoms with Crippen LogP contribution in [0.25, 0.3) is 32.7 Å². The lowest BCUT2D eigenvalue weighted by Crippen LogP contribution is -2.00. The fourth-order valence-electron chi connectivity index (χ4n) is 3.27. The van der Waals surface area contributed by atoms with Gasteiger partial charge in [0.1, 0.15) is 0 Å². The van der Waals surface area contributed by atoms with Crippen LogP contribution < -0.4 is 0 Å². The van der Waals surface area contributed by atoms with Gasteiger partial charge in [0.25, 0.3) is 0 Å². The lowest BCUT2D eigenvalue weighted by molar-refractivity contribution is 0.0698. The summed E-state index contributed by atoms with van der Waals surface area (Å²) in [6.45, 7) is 1.98. The number of aromatic carboxylic acids is 1. The van der Waals surface area contributed by atoms with Crippen molar-refractivity contribution >= 4 is 27.5 Å². The molecule has 1 N–H and O–H groups in total. The molecule has 0 atom stereocenters. The van der Waals surface area contributed by atoms with E-state index in [0.29, 0.717) is 5.56 Å². The summed E-state index contributed by atoms with van der Waals surface area (Å²) in [5.74, 6) is -0.900. The fourth-order valence-corrected chi connectivity index (χ4v) is 3.27. The Morgan fingerprint density at radius 2 is 1.46 bits per heavy atom. The highest BCUT2D eigenvalue weighted by molar-refractivity contribution is 6.08. The molecule has 2 heteroatoms. The van der Waals surface area contributed by atoms with Gasteiger partial charge in [0.15, 0.2) is 0 Å². The third kappa shape index (κ3) is 2.33. The summed E-state index contributed by atoms with van der Waals surface area (Å²) in [5.41, 5.74) is 3.11. The second kappa shape index (κ2) is 5.50. The van der Waals surface area contributed by atoms with Crippen LogP contribution in [0.15, 0.2) is 72.8 Å². The Labute approximate surface area is 140 Å². The summed E-state index contributed by atoms with van der Waals surface area (Å²) in [5, 5.41) is 14.1. The first-order valence-corrected chi connectivity index (χ1v) is 7.89. The fraction of sp³-hybridized carbons (Fsp3) is 0.0455. The van der Waals surface area contributed by atoms with E-state index in [9.17, 15) is 9.90 Å². The van der Waals surface area contributed by atoms with Crippen molar-refractivity contribution in [3.05, 3.63) is 83.9 Å². The number of carboxylic acid groups (broad SMARTS) is 1. The van der Waals surface area contributed by atoms with Crippen LogP contribution in [0.1, 0.15) is 15.9 Å². The minimum atomic E-state index is -0.900. The monoisotopic (exact) mass is 312 g/mol. The van der Waals surface area contributed by atoms with Crippen molar-refractivity contribution in [2.45, 2.75) is 6.92 Å². The first kappa shape index (κ1) is 14.5. The third-order valence-electron chi connectivity index (χ3n) is 4.44. The summed E-state index contributed by atoms with van der Waals surface area (Å²) in [6, 6.07) is 24.1. The van der Waals surface area contributed by atoms with Crippen LogP contribution >= 0.6 is 0 Å². The molecule has 0 spiro atoms. The summed E-state index contributed by atoms with van der Waals surface area (Å²) in [4.78, 5) is 11.7. The molecule has 24 heavy (non-hydrogen) atoms. The maximum atomic E-state index is 11.7. The van der Waals surface area contributed by atoms with Gasteiger partial charge in [-0.15, -0.1) is 0 Å². The molecule has 0 aliphatic carbocycles. The molecule has 2 nitrogen and oxygen atoms in total. The smallest absolute Gasteiger partial charge is 0.336 e. The number of fused-ring (bicyclic) bond motifs is 2. The van der Waals surface area contributed by atoms with Crippen LogP contribution in [0.2, 0.25) is 0 Å². The number of carboxylic acids is 1. The highest BCUT2D eigenvalue weighted by Crippen LogP contribution is 2.34. The summed E-state index contributed by atoms with van der Waals surface area (Å²) < 4.78 is 0. The second-order valence-electron chi connectivity index (χ2n) is 6.08. The van der Waals surface area contributed by atoms with Gasteiger partial charge in [0.05, 0.1) is 5.56 Å². The van der Waals surface area contributed by atoms with Crippen molar-refractivity contribution in [2.75, 3.05) is 0 Å². The molecule has 0 saturated carbocycles. The van der Waals surface area contributed by atoms with Crippen LogP contribution in [-0.2, 0) is 0 Å².